The van der Waals surface area contributed by atoms with Gasteiger partial charge in [-0.3, -0.25) is 4.79 Å². The van der Waals surface area contributed by atoms with E-state index in [2.05, 4.69) is 5.32 Å². The second-order valence-electron chi connectivity index (χ2n) is 3.19. The molecule has 2 rings (SSSR count). The molecule has 0 bridgehead atoms. The SMILES string of the molecule is NCC(=O)C1CNc2ccccc21. The molecule has 1 aromatic rings. The molecular formula is C10H12N2O. The fourth-order valence-corrected chi connectivity index (χ4v) is 1.71. The number of rotatable bonds is 2. The summed E-state index contributed by atoms with van der Waals surface area (Å²) >= 11 is 0. The number of carbonyl (C=O) groups excluding carboxylic acids is 1. The van der Waals surface area contributed by atoms with Crippen LogP contribution >= 0.6 is 0 Å². The first-order valence-electron chi connectivity index (χ1n) is 4.38. The van der Waals surface area contributed by atoms with Crippen LogP contribution < -0.4 is 11.1 Å². The van der Waals surface area contributed by atoms with E-state index in [9.17, 15) is 4.79 Å². The van der Waals surface area contributed by atoms with Crippen LogP contribution in [0.4, 0.5) is 5.69 Å². The van der Waals surface area contributed by atoms with Gasteiger partial charge in [-0.05, 0) is 11.6 Å². The van der Waals surface area contributed by atoms with Crippen LogP contribution in [0.3, 0.4) is 0 Å². The predicted molar refractivity (Wildman–Crippen MR) is 51.7 cm³/mol. The van der Waals surface area contributed by atoms with E-state index in [0.29, 0.717) is 6.54 Å². The highest BCUT2D eigenvalue weighted by Crippen LogP contribution is 2.31. The van der Waals surface area contributed by atoms with Crippen molar-refractivity contribution in [3.8, 4) is 0 Å². The van der Waals surface area contributed by atoms with Crippen LogP contribution in [0.25, 0.3) is 0 Å². The highest BCUT2D eigenvalue weighted by atomic mass is 16.1. The smallest absolute Gasteiger partial charge is 0.155 e. The van der Waals surface area contributed by atoms with E-state index in [1.807, 2.05) is 24.3 Å². The number of nitrogens with two attached hydrogens (primary N) is 1. The lowest BCUT2D eigenvalue weighted by atomic mass is 9.97. The molecule has 1 aliphatic heterocycles. The summed E-state index contributed by atoms with van der Waals surface area (Å²) in [7, 11) is 0. The molecule has 0 radical (unpaired) electrons. The van der Waals surface area contributed by atoms with Crippen molar-refractivity contribution in [2.75, 3.05) is 18.4 Å². The summed E-state index contributed by atoms with van der Waals surface area (Å²) in [6, 6.07) is 7.87. The van der Waals surface area contributed by atoms with Gasteiger partial charge in [0.2, 0.25) is 0 Å². The quantitative estimate of drug-likeness (QED) is 0.698. The summed E-state index contributed by atoms with van der Waals surface area (Å²) in [6.45, 7) is 0.816. The molecule has 0 spiro atoms. The first-order chi connectivity index (χ1) is 6.33. The molecule has 3 N–H and O–H groups in total. The largest absolute Gasteiger partial charge is 0.384 e. The Labute approximate surface area is 76.9 Å². The van der Waals surface area contributed by atoms with Gasteiger partial charge in [-0.25, -0.2) is 0 Å². The van der Waals surface area contributed by atoms with E-state index < -0.39 is 0 Å². The lowest BCUT2D eigenvalue weighted by Crippen LogP contribution is -2.22. The first-order valence-corrected chi connectivity index (χ1v) is 4.38. The molecule has 3 nitrogen and oxygen atoms in total. The van der Waals surface area contributed by atoms with Gasteiger partial charge in [0.05, 0.1) is 12.5 Å². The number of para-hydroxylation sites is 1. The van der Waals surface area contributed by atoms with E-state index in [1.54, 1.807) is 0 Å². The number of benzene rings is 1. The molecular weight excluding hydrogens is 164 g/mol. The molecule has 0 saturated carbocycles. The molecule has 0 aromatic heterocycles. The molecule has 1 unspecified atom stereocenters. The first kappa shape index (κ1) is 8.26. The number of fused-ring (bicyclic) bond motifs is 1. The highest BCUT2D eigenvalue weighted by Gasteiger charge is 2.26. The topological polar surface area (TPSA) is 55.1 Å². The second-order valence-corrected chi connectivity index (χ2v) is 3.19. The lowest BCUT2D eigenvalue weighted by molar-refractivity contribution is -0.118. The number of ketones is 1. The molecule has 1 aromatic carbocycles. The van der Waals surface area contributed by atoms with Crippen LogP contribution in [-0.2, 0) is 4.79 Å². The standard InChI is InChI=1S/C10H12N2O/c11-5-10(13)8-6-12-9-4-2-1-3-7(8)9/h1-4,8,12H,5-6,11H2. The molecule has 0 fully saturated rings. The Morgan fingerprint density at radius 2 is 2.31 bits per heavy atom. The Balaban J connectivity index is 2.33. The zero-order chi connectivity index (χ0) is 9.26. The molecule has 0 aliphatic carbocycles. The zero-order valence-corrected chi connectivity index (χ0v) is 7.29. The van der Waals surface area contributed by atoms with Crippen molar-refractivity contribution in [2.24, 2.45) is 5.73 Å². The summed E-state index contributed by atoms with van der Waals surface area (Å²) in [5.74, 6) is 0.0682. The van der Waals surface area contributed by atoms with Gasteiger partial charge in [-0.2, -0.15) is 0 Å². The van der Waals surface area contributed by atoms with Gasteiger partial charge in [0.1, 0.15) is 0 Å². The highest BCUT2D eigenvalue weighted by molar-refractivity contribution is 5.91. The minimum absolute atomic E-state index is 0.0406. The van der Waals surface area contributed by atoms with Gasteiger partial charge in [0, 0.05) is 12.2 Å². The Kier molecular flexibility index (Phi) is 2.02. The number of anilines is 1. The van der Waals surface area contributed by atoms with Crippen molar-refractivity contribution in [2.45, 2.75) is 5.92 Å². The van der Waals surface area contributed by atoms with Crippen LogP contribution in [0, 0.1) is 0 Å². The Hall–Kier alpha value is -1.35. The van der Waals surface area contributed by atoms with E-state index in [-0.39, 0.29) is 18.2 Å². The van der Waals surface area contributed by atoms with E-state index in [4.69, 9.17) is 5.73 Å². The van der Waals surface area contributed by atoms with Crippen LogP contribution in [0.2, 0.25) is 0 Å². The summed E-state index contributed by atoms with van der Waals surface area (Å²) < 4.78 is 0. The molecule has 0 amide bonds. The maximum absolute atomic E-state index is 11.4. The summed E-state index contributed by atoms with van der Waals surface area (Å²) in [6.07, 6.45) is 0. The Morgan fingerprint density at radius 1 is 1.54 bits per heavy atom. The maximum Gasteiger partial charge on any atom is 0.155 e. The lowest BCUT2D eigenvalue weighted by Gasteiger charge is -2.05. The fourth-order valence-electron chi connectivity index (χ4n) is 1.71. The third-order valence-electron chi connectivity index (χ3n) is 2.42. The average molecular weight is 176 g/mol. The minimum Gasteiger partial charge on any atom is -0.384 e. The van der Waals surface area contributed by atoms with Gasteiger partial charge < -0.3 is 11.1 Å². The number of carbonyl (C=O) groups is 1. The van der Waals surface area contributed by atoms with E-state index in [0.717, 1.165) is 11.3 Å². The molecule has 0 saturated heterocycles. The molecule has 1 atom stereocenters. The van der Waals surface area contributed by atoms with Crippen molar-refractivity contribution in [1.82, 2.24) is 0 Å². The second kappa shape index (κ2) is 3.18. The normalized spacial score (nSPS) is 19.3. The Bertz CT molecular complexity index is 335. The molecule has 1 heterocycles. The van der Waals surface area contributed by atoms with Gasteiger partial charge in [0.15, 0.2) is 5.78 Å². The van der Waals surface area contributed by atoms with Crippen molar-refractivity contribution >= 4 is 11.5 Å². The van der Waals surface area contributed by atoms with Crippen LogP contribution in [0.15, 0.2) is 24.3 Å². The zero-order valence-electron chi connectivity index (χ0n) is 7.29. The maximum atomic E-state index is 11.4. The van der Waals surface area contributed by atoms with Crippen LogP contribution in [0.5, 0.6) is 0 Å². The van der Waals surface area contributed by atoms with Crippen LogP contribution in [-0.4, -0.2) is 18.9 Å². The van der Waals surface area contributed by atoms with E-state index in [1.165, 1.54) is 0 Å². The van der Waals surface area contributed by atoms with E-state index >= 15 is 0 Å². The molecule has 13 heavy (non-hydrogen) atoms. The number of Topliss-reactive ketones (excluding diaryl/α,β-unsaturated/α-hetero) is 1. The van der Waals surface area contributed by atoms with Crippen molar-refractivity contribution in [3.05, 3.63) is 29.8 Å². The summed E-state index contributed by atoms with van der Waals surface area (Å²) in [5, 5.41) is 3.19. The van der Waals surface area contributed by atoms with Crippen molar-refractivity contribution in [3.63, 3.8) is 0 Å². The van der Waals surface area contributed by atoms with Gasteiger partial charge in [-0.1, -0.05) is 18.2 Å². The van der Waals surface area contributed by atoms with Crippen LogP contribution in [0.1, 0.15) is 11.5 Å². The third-order valence-corrected chi connectivity index (χ3v) is 2.42. The monoisotopic (exact) mass is 176 g/mol. The van der Waals surface area contributed by atoms with Crippen molar-refractivity contribution in [1.29, 1.82) is 0 Å². The fraction of sp³-hybridized carbons (Fsp3) is 0.300. The minimum atomic E-state index is -0.0406. The summed E-state index contributed by atoms with van der Waals surface area (Å²) in [5.41, 5.74) is 7.48. The Morgan fingerprint density at radius 3 is 3.08 bits per heavy atom. The molecule has 68 valence electrons. The number of nitrogens with one attached hydrogen (secondary N) is 1. The molecule has 1 aliphatic rings. The van der Waals surface area contributed by atoms with Gasteiger partial charge in [-0.15, -0.1) is 0 Å². The van der Waals surface area contributed by atoms with Gasteiger partial charge >= 0.3 is 0 Å². The van der Waals surface area contributed by atoms with Crippen molar-refractivity contribution < 1.29 is 4.79 Å². The molecule has 3 heteroatoms. The predicted octanol–water partition coefficient (Wildman–Crippen LogP) is 0.723. The summed E-state index contributed by atoms with van der Waals surface area (Å²) in [4.78, 5) is 11.4. The third kappa shape index (κ3) is 1.31. The number of hydrogen-bond acceptors (Lipinski definition) is 3. The number of hydrogen-bond donors (Lipinski definition) is 2. The van der Waals surface area contributed by atoms with Gasteiger partial charge in [0.25, 0.3) is 0 Å². The average Bonchev–Trinajstić information content (AvgIpc) is 2.60.